The Morgan fingerprint density at radius 2 is 1.94 bits per heavy atom. The van der Waals surface area contributed by atoms with Crippen LogP contribution < -0.4 is 15.6 Å². The molecule has 0 spiro atoms. The molecule has 0 saturated carbocycles. The van der Waals surface area contributed by atoms with Crippen LogP contribution in [-0.2, 0) is 7.05 Å². The van der Waals surface area contributed by atoms with E-state index in [1.807, 2.05) is 37.6 Å². The molecule has 0 N–H and O–H groups in total. The highest BCUT2D eigenvalue weighted by Gasteiger charge is 2.25. The number of aryl methyl sites for hydroxylation is 1. The van der Waals surface area contributed by atoms with Gasteiger partial charge in [-0.25, -0.2) is 0 Å². The molecule has 0 saturated heterocycles. The van der Waals surface area contributed by atoms with Gasteiger partial charge < -0.3 is 9.30 Å². The Morgan fingerprint density at radius 1 is 1.22 bits per heavy atom. The standard InChI is InChI=1S/C14H17NO3/c1-4-5-8-18-14-11(12(16)13(14)17)10-7-6-9(2)15(10)3/h6-7H,4-5,8H2,1-3H3. The van der Waals surface area contributed by atoms with Crippen molar-refractivity contribution in [3.63, 3.8) is 0 Å². The second-order valence-electron chi connectivity index (χ2n) is 4.48. The molecule has 4 heteroatoms. The molecule has 0 aliphatic rings. The van der Waals surface area contributed by atoms with Crippen molar-refractivity contribution in [3.05, 3.63) is 38.3 Å². The van der Waals surface area contributed by atoms with Crippen molar-refractivity contribution in [2.75, 3.05) is 6.61 Å². The number of ether oxygens (including phenoxy) is 1. The molecule has 0 fully saturated rings. The lowest BCUT2D eigenvalue weighted by Crippen LogP contribution is -2.35. The van der Waals surface area contributed by atoms with Crippen LogP contribution in [0, 0.1) is 6.92 Å². The number of rotatable bonds is 5. The molecular weight excluding hydrogens is 230 g/mol. The molecule has 0 bridgehead atoms. The summed E-state index contributed by atoms with van der Waals surface area (Å²) in [5.74, 6) is 0.231. The third-order valence-corrected chi connectivity index (χ3v) is 3.24. The average molecular weight is 247 g/mol. The Bertz CT molecular complexity index is 630. The summed E-state index contributed by atoms with van der Waals surface area (Å²) in [5, 5.41) is 0. The number of aromatic nitrogens is 1. The van der Waals surface area contributed by atoms with Gasteiger partial charge in [0, 0.05) is 12.7 Å². The summed E-state index contributed by atoms with van der Waals surface area (Å²) in [6.45, 7) is 4.48. The van der Waals surface area contributed by atoms with Crippen molar-refractivity contribution >= 4 is 0 Å². The van der Waals surface area contributed by atoms with Gasteiger partial charge in [-0.3, -0.25) is 9.59 Å². The van der Waals surface area contributed by atoms with Crippen molar-refractivity contribution in [3.8, 4) is 17.0 Å². The lowest BCUT2D eigenvalue weighted by atomic mass is 10.1. The second kappa shape index (κ2) is 4.80. The summed E-state index contributed by atoms with van der Waals surface area (Å²) in [6, 6.07) is 3.76. The zero-order valence-electron chi connectivity index (χ0n) is 10.9. The molecule has 0 radical (unpaired) electrons. The van der Waals surface area contributed by atoms with Crippen LogP contribution in [0.4, 0.5) is 0 Å². The molecule has 0 amide bonds. The van der Waals surface area contributed by atoms with Crippen LogP contribution in [-0.4, -0.2) is 11.2 Å². The van der Waals surface area contributed by atoms with E-state index in [4.69, 9.17) is 4.74 Å². The average Bonchev–Trinajstić information content (AvgIpc) is 2.69. The highest BCUT2D eigenvalue weighted by Crippen LogP contribution is 2.26. The highest BCUT2D eigenvalue weighted by atomic mass is 16.5. The summed E-state index contributed by atoms with van der Waals surface area (Å²) in [7, 11) is 1.87. The SMILES string of the molecule is CCCCOc1c(-c2ccc(C)n2C)c(=O)c1=O. The predicted molar refractivity (Wildman–Crippen MR) is 70.9 cm³/mol. The lowest BCUT2D eigenvalue weighted by molar-refractivity contribution is 0.304. The van der Waals surface area contributed by atoms with Gasteiger partial charge in [-0.05, 0) is 25.5 Å². The first-order valence-corrected chi connectivity index (χ1v) is 6.16. The fourth-order valence-electron chi connectivity index (χ4n) is 1.92. The molecule has 0 aliphatic carbocycles. The first kappa shape index (κ1) is 12.6. The van der Waals surface area contributed by atoms with Crippen molar-refractivity contribution < 1.29 is 4.74 Å². The normalized spacial score (nSPS) is 11.1. The summed E-state index contributed by atoms with van der Waals surface area (Å²) in [5.41, 5.74) is 1.27. The van der Waals surface area contributed by atoms with E-state index >= 15 is 0 Å². The molecule has 0 unspecified atom stereocenters. The van der Waals surface area contributed by atoms with E-state index in [-0.39, 0.29) is 5.75 Å². The van der Waals surface area contributed by atoms with Crippen LogP contribution in [0.15, 0.2) is 21.7 Å². The molecule has 2 rings (SSSR count). The first-order valence-electron chi connectivity index (χ1n) is 6.16. The molecule has 0 aliphatic heterocycles. The summed E-state index contributed by atoms with van der Waals surface area (Å²) in [6.07, 6.45) is 1.87. The Hall–Kier alpha value is -1.84. The fourth-order valence-corrected chi connectivity index (χ4v) is 1.92. The quantitative estimate of drug-likeness (QED) is 0.597. The van der Waals surface area contributed by atoms with Gasteiger partial charge in [0.25, 0.3) is 5.43 Å². The van der Waals surface area contributed by atoms with E-state index < -0.39 is 10.9 Å². The monoisotopic (exact) mass is 247 g/mol. The molecule has 4 nitrogen and oxygen atoms in total. The maximum Gasteiger partial charge on any atom is 0.269 e. The van der Waals surface area contributed by atoms with Crippen LogP contribution in [0.25, 0.3) is 11.3 Å². The third kappa shape index (κ3) is 1.88. The minimum absolute atomic E-state index is 0.231. The molecule has 2 aromatic rings. The van der Waals surface area contributed by atoms with E-state index in [1.54, 1.807) is 0 Å². The number of hydrogen-bond acceptors (Lipinski definition) is 3. The lowest BCUT2D eigenvalue weighted by Gasteiger charge is -2.13. The Labute approximate surface area is 106 Å². The largest absolute Gasteiger partial charge is 0.489 e. The van der Waals surface area contributed by atoms with Crippen LogP contribution in [0.1, 0.15) is 25.5 Å². The van der Waals surface area contributed by atoms with Crippen molar-refractivity contribution in [1.29, 1.82) is 0 Å². The maximum absolute atomic E-state index is 11.7. The Morgan fingerprint density at radius 3 is 2.50 bits per heavy atom. The van der Waals surface area contributed by atoms with Crippen LogP contribution in [0.2, 0.25) is 0 Å². The van der Waals surface area contributed by atoms with Gasteiger partial charge in [-0.2, -0.15) is 0 Å². The number of hydrogen-bond donors (Lipinski definition) is 0. The minimum atomic E-state index is -0.500. The summed E-state index contributed by atoms with van der Waals surface area (Å²) >= 11 is 0. The van der Waals surface area contributed by atoms with Gasteiger partial charge in [-0.15, -0.1) is 0 Å². The predicted octanol–water partition coefficient (Wildman–Crippen LogP) is 1.78. The van der Waals surface area contributed by atoms with Gasteiger partial charge >= 0.3 is 0 Å². The van der Waals surface area contributed by atoms with E-state index in [0.717, 1.165) is 24.2 Å². The van der Waals surface area contributed by atoms with E-state index in [0.29, 0.717) is 12.2 Å². The molecule has 1 heterocycles. The van der Waals surface area contributed by atoms with E-state index in [9.17, 15) is 9.59 Å². The smallest absolute Gasteiger partial charge is 0.269 e. The van der Waals surface area contributed by atoms with Gasteiger partial charge in [0.05, 0.1) is 17.9 Å². The van der Waals surface area contributed by atoms with Crippen LogP contribution in [0.5, 0.6) is 5.75 Å². The summed E-state index contributed by atoms with van der Waals surface area (Å²) in [4.78, 5) is 23.2. The molecule has 1 aromatic heterocycles. The van der Waals surface area contributed by atoms with Crippen LogP contribution in [0.3, 0.4) is 0 Å². The van der Waals surface area contributed by atoms with Crippen molar-refractivity contribution in [1.82, 2.24) is 4.57 Å². The van der Waals surface area contributed by atoms with Crippen molar-refractivity contribution in [2.24, 2.45) is 7.05 Å². The molecule has 96 valence electrons. The maximum atomic E-state index is 11.7. The van der Waals surface area contributed by atoms with Gasteiger partial charge in [0.1, 0.15) is 0 Å². The van der Waals surface area contributed by atoms with Crippen LogP contribution >= 0.6 is 0 Å². The van der Waals surface area contributed by atoms with E-state index in [1.165, 1.54) is 0 Å². The minimum Gasteiger partial charge on any atom is -0.489 e. The number of nitrogens with zero attached hydrogens (tertiary/aromatic N) is 1. The first-order chi connectivity index (χ1) is 8.57. The summed E-state index contributed by atoms with van der Waals surface area (Å²) < 4.78 is 7.32. The fraction of sp³-hybridized carbons (Fsp3) is 0.429. The Balaban J connectivity index is 2.34. The molecule has 18 heavy (non-hydrogen) atoms. The highest BCUT2D eigenvalue weighted by molar-refractivity contribution is 5.72. The second-order valence-corrected chi connectivity index (χ2v) is 4.48. The Kier molecular flexibility index (Phi) is 3.36. The third-order valence-electron chi connectivity index (χ3n) is 3.24. The molecule has 1 aromatic carbocycles. The molecule has 0 atom stereocenters. The van der Waals surface area contributed by atoms with Crippen molar-refractivity contribution in [2.45, 2.75) is 26.7 Å². The van der Waals surface area contributed by atoms with Gasteiger partial charge in [0.15, 0.2) is 5.75 Å². The van der Waals surface area contributed by atoms with Gasteiger partial charge in [0.2, 0.25) is 5.43 Å². The topological polar surface area (TPSA) is 48.3 Å². The zero-order chi connectivity index (χ0) is 13.3. The zero-order valence-corrected chi connectivity index (χ0v) is 10.9. The number of unbranched alkanes of at least 4 members (excludes halogenated alkanes) is 1. The van der Waals surface area contributed by atoms with Gasteiger partial charge in [-0.1, -0.05) is 13.3 Å². The van der Waals surface area contributed by atoms with E-state index in [2.05, 4.69) is 0 Å². The molecular formula is C14H17NO3.